The van der Waals surface area contributed by atoms with Crippen molar-refractivity contribution in [3.63, 3.8) is 0 Å². The highest BCUT2D eigenvalue weighted by molar-refractivity contribution is 8.00. The van der Waals surface area contributed by atoms with Crippen molar-refractivity contribution in [2.24, 2.45) is 0 Å². The van der Waals surface area contributed by atoms with Crippen LogP contribution in [0.25, 0.3) is 0 Å². The van der Waals surface area contributed by atoms with Gasteiger partial charge in [-0.1, -0.05) is 50.6 Å². The third kappa shape index (κ3) is 4.86. The largest absolute Gasteiger partial charge is 0.388 e. The number of aliphatic hydroxyl groups is 1. The molecule has 0 saturated heterocycles. The van der Waals surface area contributed by atoms with Gasteiger partial charge >= 0.3 is 0 Å². The molecular weight excluding hydrogens is 216 g/mol. The van der Waals surface area contributed by atoms with Gasteiger partial charge in [-0.2, -0.15) is 0 Å². The normalized spacial score (nSPS) is 15.2. The molecule has 0 aliphatic rings. The van der Waals surface area contributed by atoms with Crippen molar-refractivity contribution in [2.75, 3.05) is 0 Å². The molecular formula is C14H20OS. The van der Waals surface area contributed by atoms with Crippen molar-refractivity contribution in [1.82, 2.24) is 0 Å². The van der Waals surface area contributed by atoms with E-state index in [-0.39, 0.29) is 11.4 Å². The number of hydrogen-bond donors (Lipinski definition) is 1. The van der Waals surface area contributed by atoms with Crippen molar-refractivity contribution >= 4 is 11.8 Å². The summed E-state index contributed by atoms with van der Waals surface area (Å²) >= 11 is 1.71. The number of benzene rings is 1. The van der Waals surface area contributed by atoms with Gasteiger partial charge in [-0.25, -0.2) is 0 Å². The second kappa shape index (κ2) is 7.53. The minimum Gasteiger partial charge on any atom is -0.388 e. The zero-order valence-corrected chi connectivity index (χ0v) is 10.8. The van der Waals surface area contributed by atoms with E-state index in [1.54, 1.807) is 11.8 Å². The fourth-order valence-corrected chi connectivity index (χ4v) is 2.32. The molecule has 1 rings (SSSR count). The van der Waals surface area contributed by atoms with Gasteiger partial charge in [0.2, 0.25) is 0 Å². The topological polar surface area (TPSA) is 20.2 Å². The Hall–Kier alpha value is -0.730. The molecule has 16 heavy (non-hydrogen) atoms. The van der Waals surface area contributed by atoms with E-state index in [1.807, 2.05) is 24.3 Å². The van der Waals surface area contributed by atoms with Crippen molar-refractivity contribution < 1.29 is 5.11 Å². The first kappa shape index (κ1) is 13.3. The van der Waals surface area contributed by atoms with E-state index in [2.05, 4.69) is 32.1 Å². The molecule has 1 aromatic carbocycles. The van der Waals surface area contributed by atoms with E-state index >= 15 is 0 Å². The Morgan fingerprint density at radius 2 is 2.00 bits per heavy atom. The summed E-state index contributed by atoms with van der Waals surface area (Å²) in [5.74, 6) is 0. The second-order valence-electron chi connectivity index (χ2n) is 3.84. The van der Waals surface area contributed by atoms with Gasteiger partial charge in [-0.15, -0.1) is 11.8 Å². The van der Waals surface area contributed by atoms with Crippen molar-refractivity contribution in [2.45, 2.75) is 42.9 Å². The average Bonchev–Trinajstić information content (AvgIpc) is 2.30. The maximum absolute atomic E-state index is 9.90. The zero-order chi connectivity index (χ0) is 11.8. The minimum atomic E-state index is -0.364. The average molecular weight is 236 g/mol. The van der Waals surface area contributed by atoms with E-state index in [4.69, 9.17) is 0 Å². The molecule has 0 fully saturated rings. The van der Waals surface area contributed by atoms with Crippen LogP contribution in [-0.4, -0.2) is 16.5 Å². The van der Waals surface area contributed by atoms with Gasteiger partial charge in [-0.3, -0.25) is 0 Å². The van der Waals surface area contributed by atoms with E-state index in [0.717, 1.165) is 12.8 Å². The molecule has 0 unspecified atom stereocenters. The van der Waals surface area contributed by atoms with E-state index in [0.29, 0.717) is 0 Å². The van der Waals surface area contributed by atoms with Gasteiger partial charge in [0.05, 0.1) is 6.10 Å². The standard InChI is InChI=1S/C14H20OS/c1-3-4-6-11-14(15)12(2)16-13-9-7-5-8-10-13/h5-12,14-15H,3-4H2,1-2H3/b11-6+/t12-,14+/m0/s1. The van der Waals surface area contributed by atoms with Crippen LogP contribution < -0.4 is 0 Å². The van der Waals surface area contributed by atoms with Crippen molar-refractivity contribution in [3.05, 3.63) is 42.5 Å². The van der Waals surface area contributed by atoms with Crippen LogP contribution in [0.5, 0.6) is 0 Å². The molecule has 0 radical (unpaired) electrons. The van der Waals surface area contributed by atoms with Gasteiger partial charge < -0.3 is 5.11 Å². The number of hydrogen-bond acceptors (Lipinski definition) is 2. The molecule has 2 heteroatoms. The highest BCUT2D eigenvalue weighted by Gasteiger charge is 2.11. The maximum atomic E-state index is 9.90. The highest BCUT2D eigenvalue weighted by atomic mass is 32.2. The Morgan fingerprint density at radius 1 is 1.31 bits per heavy atom. The first-order valence-electron chi connectivity index (χ1n) is 5.80. The lowest BCUT2D eigenvalue weighted by Crippen LogP contribution is -2.16. The molecule has 0 heterocycles. The van der Waals surface area contributed by atoms with Crippen LogP contribution in [0.3, 0.4) is 0 Å². The number of aliphatic hydroxyl groups excluding tert-OH is 1. The predicted octanol–water partition coefficient (Wildman–Crippen LogP) is 3.88. The summed E-state index contributed by atoms with van der Waals surface area (Å²) in [6.45, 7) is 4.19. The SMILES string of the molecule is CCC/C=C/[C@@H](O)[C@H](C)Sc1ccccc1. The van der Waals surface area contributed by atoms with E-state index in [9.17, 15) is 5.11 Å². The first-order valence-corrected chi connectivity index (χ1v) is 6.68. The summed E-state index contributed by atoms with van der Waals surface area (Å²) in [4.78, 5) is 1.21. The summed E-state index contributed by atoms with van der Waals surface area (Å²) in [5, 5.41) is 10.1. The van der Waals surface area contributed by atoms with Crippen LogP contribution in [0, 0.1) is 0 Å². The van der Waals surface area contributed by atoms with Crippen LogP contribution in [0.15, 0.2) is 47.4 Å². The Labute approximate surface area is 103 Å². The summed E-state index contributed by atoms with van der Waals surface area (Å²) in [6.07, 6.45) is 5.77. The number of unbranched alkanes of at least 4 members (excludes halogenated alkanes) is 1. The van der Waals surface area contributed by atoms with Crippen molar-refractivity contribution in [3.8, 4) is 0 Å². The lowest BCUT2D eigenvalue weighted by molar-refractivity contribution is 0.224. The predicted molar refractivity (Wildman–Crippen MR) is 71.8 cm³/mol. The van der Waals surface area contributed by atoms with Crippen molar-refractivity contribution in [1.29, 1.82) is 0 Å². The summed E-state index contributed by atoms with van der Waals surface area (Å²) in [6, 6.07) is 10.2. The monoisotopic (exact) mass is 236 g/mol. The molecule has 0 saturated carbocycles. The lowest BCUT2D eigenvalue weighted by Gasteiger charge is -2.15. The molecule has 88 valence electrons. The molecule has 1 nitrogen and oxygen atoms in total. The quantitative estimate of drug-likeness (QED) is 0.597. The first-order chi connectivity index (χ1) is 7.74. The number of thioether (sulfide) groups is 1. The van der Waals surface area contributed by atoms with Gasteiger partial charge in [0.1, 0.15) is 0 Å². The molecule has 0 spiro atoms. The van der Waals surface area contributed by atoms with Crippen LogP contribution in [0.4, 0.5) is 0 Å². The molecule has 1 N–H and O–H groups in total. The molecule has 1 aromatic rings. The minimum absolute atomic E-state index is 0.190. The zero-order valence-electron chi connectivity index (χ0n) is 9.97. The second-order valence-corrected chi connectivity index (χ2v) is 5.29. The molecule has 0 aromatic heterocycles. The van der Waals surface area contributed by atoms with Gasteiger partial charge in [0.25, 0.3) is 0 Å². The fourth-order valence-electron chi connectivity index (χ4n) is 1.34. The van der Waals surface area contributed by atoms with Crippen LogP contribution in [0.2, 0.25) is 0 Å². The Morgan fingerprint density at radius 3 is 2.62 bits per heavy atom. The fraction of sp³-hybridized carbons (Fsp3) is 0.429. The van der Waals surface area contributed by atoms with Gasteiger partial charge in [0, 0.05) is 10.1 Å². The molecule has 2 atom stereocenters. The lowest BCUT2D eigenvalue weighted by atomic mass is 10.2. The summed E-state index contributed by atoms with van der Waals surface area (Å²) in [5.41, 5.74) is 0. The Balaban J connectivity index is 2.42. The van der Waals surface area contributed by atoms with Crippen LogP contribution in [0.1, 0.15) is 26.7 Å². The maximum Gasteiger partial charge on any atom is 0.0840 e. The van der Waals surface area contributed by atoms with E-state index in [1.165, 1.54) is 4.90 Å². The van der Waals surface area contributed by atoms with Crippen LogP contribution in [-0.2, 0) is 0 Å². The van der Waals surface area contributed by atoms with Gasteiger partial charge in [0.15, 0.2) is 0 Å². The highest BCUT2D eigenvalue weighted by Crippen LogP contribution is 2.25. The molecule has 0 aliphatic carbocycles. The molecule has 0 amide bonds. The van der Waals surface area contributed by atoms with E-state index < -0.39 is 0 Å². The molecule has 0 aliphatic heterocycles. The number of allylic oxidation sites excluding steroid dienone is 1. The summed E-state index contributed by atoms with van der Waals surface area (Å²) in [7, 11) is 0. The Bertz CT molecular complexity index is 308. The summed E-state index contributed by atoms with van der Waals surface area (Å²) < 4.78 is 0. The Kier molecular flexibility index (Phi) is 6.27. The van der Waals surface area contributed by atoms with Gasteiger partial charge in [-0.05, 0) is 18.6 Å². The van der Waals surface area contributed by atoms with Crippen LogP contribution >= 0.6 is 11.8 Å². The third-order valence-corrected chi connectivity index (χ3v) is 3.53. The third-order valence-electron chi connectivity index (χ3n) is 2.33. The number of rotatable bonds is 6. The smallest absolute Gasteiger partial charge is 0.0840 e. The molecule has 0 bridgehead atoms.